The zero-order valence-electron chi connectivity index (χ0n) is 16.3. The second-order valence-electron chi connectivity index (χ2n) is 6.44. The number of carbonyl (C=O) groups excluding carboxylic acids is 1. The fourth-order valence-electron chi connectivity index (χ4n) is 2.45. The molecule has 2 N–H and O–H groups in total. The number of hydrogen-bond acceptors (Lipinski definition) is 6. The second kappa shape index (κ2) is 9.52. The van der Waals surface area contributed by atoms with Gasteiger partial charge in [0.15, 0.2) is 0 Å². The molecule has 8 nitrogen and oxygen atoms in total. The smallest absolute Gasteiger partial charge is 0.241 e. The molecular weight excluding hydrogens is 382 g/mol. The minimum Gasteiger partial charge on any atom is -0.497 e. The Balaban J connectivity index is 2.09. The van der Waals surface area contributed by atoms with Crippen LogP contribution in [0.5, 0.6) is 11.6 Å². The average molecular weight is 407 g/mol. The number of carbonyl (C=O) groups is 1. The van der Waals surface area contributed by atoms with Crippen molar-refractivity contribution in [3.05, 3.63) is 48.2 Å². The molecule has 9 heteroatoms. The van der Waals surface area contributed by atoms with Crippen LogP contribution in [0.4, 0.5) is 0 Å². The summed E-state index contributed by atoms with van der Waals surface area (Å²) in [5.41, 5.74) is 0.792. The predicted octanol–water partition coefficient (Wildman–Crippen LogP) is 1.72. The normalized spacial score (nSPS) is 12.5. The van der Waals surface area contributed by atoms with E-state index in [9.17, 15) is 13.2 Å². The molecular formula is C19H25N3O5S. The highest BCUT2D eigenvalue weighted by Crippen LogP contribution is 2.17. The zero-order chi connectivity index (χ0) is 20.7. The van der Waals surface area contributed by atoms with Gasteiger partial charge < -0.3 is 14.8 Å². The van der Waals surface area contributed by atoms with E-state index in [0.717, 1.165) is 5.56 Å². The summed E-state index contributed by atoms with van der Waals surface area (Å²) in [6.07, 6.45) is 1.58. The third kappa shape index (κ3) is 5.67. The summed E-state index contributed by atoms with van der Waals surface area (Å²) in [7, 11) is -0.858. The molecule has 0 aliphatic heterocycles. The summed E-state index contributed by atoms with van der Waals surface area (Å²) in [5, 5.41) is 2.75. The monoisotopic (exact) mass is 407 g/mol. The SMILES string of the molecule is COc1ccc(S(=O)(=O)N[C@H](C(=O)NCc2ccnc(OC)c2)C(C)C)cc1. The Bertz CT molecular complexity index is 898. The Morgan fingerprint density at radius 3 is 2.36 bits per heavy atom. The molecule has 1 atom stereocenters. The Hall–Kier alpha value is -2.65. The van der Waals surface area contributed by atoms with Crippen LogP contribution < -0.4 is 19.5 Å². The fraction of sp³-hybridized carbons (Fsp3) is 0.368. The predicted molar refractivity (Wildman–Crippen MR) is 105 cm³/mol. The molecule has 0 saturated heterocycles. The molecule has 28 heavy (non-hydrogen) atoms. The van der Waals surface area contributed by atoms with E-state index in [0.29, 0.717) is 11.6 Å². The number of pyridine rings is 1. The maximum atomic E-state index is 12.7. The molecule has 0 aliphatic rings. The largest absolute Gasteiger partial charge is 0.497 e. The van der Waals surface area contributed by atoms with Crippen molar-refractivity contribution < 1.29 is 22.7 Å². The topological polar surface area (TPSA) is 107 Å². The molecule has 1 heterocycles. The van der Waals surface area contributed by atoms with Crippen LogP contribution in [-0.4, -0.2) is 39.6 Å². The molecule has 1 aromatic carbocycles. The molecule has 2 rings (SSSR count). The van der Waals surface area contributed by atoms with Gasteiger partial charge in [-0.15, -0.1) is 0 Å². The molecule has 0 radical (unpaired) electrons. The first-order valence-electron chi connectivity index (χ1n) is 8.70. The minimum absolute atomic E-state index is 0.0608. The summed E-state index contributed by atoms with van der Waals surface area (Å²) in [6, 6.07) is 8.49. The summed E-state index contributed by atoms with van der Waals surface area (Å²) in [4.78, 5) is 16.7. The van der Waals surface area contributed by atoms with Crippen LogP contribution >= 0.6 is 0 Å². The first-order valence-corrected chi connectivity index (χ1v) is 10.2. The molecule has 1 aromatic heterocycles. The Labute approximate surface area is 165 Å². The molecule has 2 aromatic rings. The van der Waals surface area contributed by atoms with E-state index in [1.54, 1.807) is 44.3 Å². The van der Waals surface area contributed by atoms with Gasteiger partial charge in [-0.3, -0.25) is 4.79 Å². The van der Waals surface area contributed by atoms with E-state index in [1.807, 2.05) is 0 Å². The third-order valence-corrected chi connectivity index (χ3v) is 5.53. The van der Waals surface area contributed by atoms with Gasteiger partial charge >= 0.3 is 0 Å². The first-order chi connectivity index (χ1) is 13.3. The molecule has 0 fully saturated rings. The Morgan fingerprint density at radius 1 is 1.11 bits per heavy atom. The van der Waals surface area contributed by atoms with Gasteiger partial charge in [0, 0.05) is 18.8 Å². The van der Waals surface area contributed by atoms with Crippen molar-refractivity contribution in [1.29, 1.82) is 0 Å². The van der Waals surface area contributed by atoms with Gasteiger partial charge in [0.2, 0.25) is 21.8 Å². The van der Waals surface area contributed by atoms with Crippen LogP contribution in [0.25, 0.3) is 0 Å². The van der Waals surface area contributed by atoms with Gasteiger partial charge in [-0.25, -0.2) is 13.4 Å². The van der Waals surface area contributed by atoms with Crippen LogP contribution in [0.15, 0.2) is 47.5 Å². The lowest BCUT2D eigenvalue weighted by Gasteiger charge is -2.21. The van der Waals surface area contributed by atoms with Gasteiger partial charge in [0.25, 0.3) is 0 Å². The highest BCUT2D eigenvalue weighted by molar-refractivity contribution is 7.89. The molecule has 0 unspecified atom stereocenters. The Kier molecular flexibility index (Phi) is 7.36. The highest BCUT2D eigenvalue weighted by Gasteiger charge is 2.28. The van der Waals surface area contributed by atoms with Gasteiger partial charge in [0.05, 0.1) is 19.1 Å². The summed E-state index contributed by atoms with van der Waals surface area (Å²) >= 11 is 0. The van der Waals surface area contributed by atoms with Crippen LogP contribution in [0, 0.1) is 5.92 Å². The van der Waals surface area contributed by atoms with E-state index in [2.05, 4.69) is 15.0 Å². The summed E-state index contributed by atoms with van der Waals surface area (Å²) in [6.45, 7) is 3.78. The first kappa shape index (κ1) is 21.6. The summed E-state index contributed by atoms with van der Waals surface area (Å²) < 4.78 is 37.9. The van der Waals surface area contributed by atoms with Crippen molar-refractivity contribution >= 4 is 15.9 Å². The van der Waals surface area contributed by atoms with E-state index < -0.39 is 22.0 Å². The van der Waals surface area contributed by atoms with Crippen molar-refractivity contribution in [3.63, 3.8) is 0 Å². The highest BCUT2D eigenvalue weighted by atomic mass is 32.2. The quantitative estimate of drug-likeness (QED) is 0.656. The van der Waals surface area contributed by atoms with E-state index in [4.69, 9.17) is 9.47 Å². The standard InChI is InChI=1S/C19H25N3O5S/c1-13(2)18(19(23)21-12-14-9-10-20-17(11-14)27-4)22-28(24,25)16-7-5-15(26-3)6-8-16/h5-11,13,18,22H,12H2,1-4H3,(H,21,23)/t18-/m0/s1. The lowest BCUT2D eigenvalue weighted by Crippen LogP contribution is -2.49. The number of nitrogens with one attached hydrogen (secondary N) is 2. The van der Waals surface area contributed by atoms with Gasteiger partial charge in [0.1, 0.15) is 11.8 Å². The molecule has 0 bridgehead atoms. The molecule has 0 saturated carbocycles. The maximum absolute atomic E-state index is 12.7. The number of hydrogen-bond donors (Lipinski definition) is 2. The number of benzene rings is 1. The van der Waals surface area contributed by atoms with Crippen molar-refractivity contribution in [1.82, 2.24) is 15.0 Å². The van der Waals surface area contributed by atoms with E-state index in [-0.39, 0.29) is 17.4 Å². The van der Waals surface area contributed by atoms with Gasteiger partial charge in [-0.1, -0.05) is 13.8 Å². The number of amides is 1. The van der Waals surface area contributed by atoms with Gasteiger partial charge in [-0.05, 0) is 41.8 Å². The summed E-state index contributed by atoms with van der Waals surface area (Å²) in [5.74, 6) is 0.320. The van der Waals surface area contributed by atoms with Crippen LogP contribution in [-0.2, 0) is 21.4 Å². The zero-order valence-corrected chi connectivity index (χ0v) is 17.1. The average Bonchev–Trinajstić information content (AvgIpc) is 2.70. The minimum atomic E-state index is -3.86. The fourth-order valence-corrected chi connectivity index (χ4v) is 3.80. The molecule has 0 spiro atoms. The van der Waals surface area contributed by atoms with Crippen LogP contribution in [0.2, 0.25) is 0 Å². The third-order valence-electron chi connectivity index (χ3n) is 4.08. The lowest BCUT2D eigenvalue weighted by molar-refractivity contribution is -0.123. The number of ether oxygens (including phenoxy) is 2. The number of aromatic nitrogens is 1. The van der Waals surface area contributed by atoms with Crippen molar-refractivity contribution in [2.24, 2.45) is 5.92 Å². The van der Waals surface area contributed by atoms with Crippen LogP contribution in [0.3, 0.4) is 0 Å². The number of methoxy groups -OCH3 is 2. The van der Waals surface area contributed by atoms with E-state index >= 15 is 0 Å². The molecule has 1 amide bonds. The number of nitrogens with zero attached hydrogens (tertiary/aromatic N) is 1. The second-order valence-corrected chi connectivity index (χ2v) is 8.16. The van der Waals surface area contributed by atoms with Crippen molar-refractivity contribution in [2.45, 2.75) is 31.3 Å². The molecule has 0 aliphatic carbocycles. The number of rotatable bonds is 9. The van der Waals surface area contributed by atoms with Crippen LogP contribution in [0.1, 0.15) is 19.4 Å². The lowest BCUT2D eigenvalue weighted by atomic mass is 10.0. The molecule has 152 valence electrons. The Morgan fingerprint density at radius 2 is 1.79 bits per heavy atom. The number of sulfonamides is 1. The van der Waals surface area contributed by atoms with Crippen molar-refractivity contribution in [3.8, 4) is 11.6 Å². The van der Waals surface area contributed by atoms with E-state index in [1.165, 1.54) is 26.4 Å². The van der Waals surface area contributed by atoms with Crippen molar-refractivity contribution in [2.75, 3.05) is 14.2 Å². The van der Waals surface area contributed by atoms with Gasteiger partial charge in [-0.2, -0.15) is 4.72 Å². The maximum Gasteiger partial charge on any atom is 0.241 e.